The van der Waals surface area contributed by atoms with Gasteiger partial charge in [0.15, 0.2) is 0 Å². The number of hydrogen-bond acceptors (Lipinski definition) is 2. The van der Waals surface area contributed by atoms with Crippen molar-refractivity contribution < 1.29 is 4.74 Å². The van der Waals surface area contributed by atoms with Gasteiger partial charge in [0.25, 0.3) is 0 Å². The van der Waals surface area contributed by atoms with Crippen LogP contribution in [-0.2, 0) is 4.74 Å². The highest BCUT2D eigenvalue weighted by Crippen LogP contribution is 2.33. The minimum atomic E-state index is 0.131. The molecule has 20 heavy (non-hydrogen) atoms. The third-order valence-electron chi connectivity index (χ3n) is 4.85. The van der Waals surface area contributed by atoms with Gasteiger partial charge in [0, 0.05) is 6.61 Å². The third-order valence-corrected chi connectivity index (χ3v) is 4.85. The SMILES string of the molecule is CCCCC(CC)COC1CC(CCC)CCC1C#N. The Morgan fingerprint density at radius 1 is 1.20 bits per heavy atom. The van der Waals surface area contributed by atoms with Crippen LogP contribution in [0.1, 0.15) is 78.6 Å². The molecule has 0 aliphatic heterocycles. The molecule has 0 aromatic heterocycles. The third kappa shape index (κ3) is 5.83. The molecule has 0 N–H and O–H groups in total. The van der Waals surface area contributed by atoms with E-state index in [1.165, 1.54) is 44.9 Å². The Hall–Kier alpha value is -0.550. The van der Waals surface area contributed by atoms with Crippen molar-refractivity contribution in [3.63, 3.8) is 0 Å². The lowest BCUT2D eigenvalue weighted by Crippen LogP contribution is -2.32. The van der Waals surface area contributed by atoms with Crippen LogP contribution in [-0.4, -0.2) is 12.7 Å². The maximum Gasteiger partial charge on any atom is 0.0735 e. The minimum Gasteiger partial charge on any atom is -0.377 e. The summed E-state index contributed by atoms with van der Waals surface area (Å²) in [6.45, 7) is 7.62. The first-order chi connectivity index (χ1) is 9.74. The molecule has 4 unspecified atom stereocenters. The predicted octanol–water partition coefficient (Wildman–Crippen LogP) is 5.33. The van der Waals surface area contributed by atoms with E-state index in [-0.39, 0.29) is 12.0 Å². The van der Waals surface area contributed by atoms with Crippen LogP contribution in [0.5, 0.6) is 0 Å². The fourth-order valence-electron chi connectivity index (χ4n) is 3.37. The molecule has 0 bridgehead atoms. The molecule has 0 heterocycles. The number of nitriles is 1. The van der Waals surface area contributed by atoms with Gasteiger partial charge in [0.1, 0.15) is 0 Å². The van der Waals surface area contributed by atoms with E-state index in [9.17, 15) is 5.26 Å². The molecule has 0 aromatic rings. The maximum atomic E-state index is 9.31. The van der Waals surface area contributed by atoms with E-state index in [1.54, 1.807) is 0 Å². The second-order valence-electron chi connectivity index (χ2n) is 6.49. The molecule has 1 aliphatic rings. The maximum absolute atomic E-state index is 9.31. The molecule has 4 atom stereocenters. The molecule has 1 aliphatic carbocycles. The van der Waals surface area contributed by atoms with Crippen molar-refractivity contribution in [2.45, 2.75) is 84.7 Å². The van der Waals surface area contributed by atoms with Crippen LogP contribution in [0.15, 0.2) is 0 Å². The van der Waals surface area contributed by atoms with E-state index < -0.39 is 0 Å². The molecule has 116 valence electrons. The smallest absolute Gasteiger partial charge is 0.0735 e. The van der Waals surface area contributed by atoms with E-state index in [2.05, 4.69) is 26.8 Å². The van der Waals surface area contributed by atoms with Crippen molar-refractivity contribution in [1.82, 2.24) is 0 Å². The van der Waals surface area contributed by atoms with Gasteiger partial charge in [-0.25, -0.2) is 0 Å². The molecule has 0 amide bonds. The molecule has 0 aromatic carbocycles. The molecule has 2 nitrogen and oxygen atoms in total. The van der Waals surface area contributed by atoms with E-state index in [0.717, 1.165) is 25.4 Å². The molecule has 0 saturated heterocycles. The fourth-order valence-corrected chi connectivity index (χ4v) is 3.37. The highest BCUT2D eigenvalue weighted by molar-refractivity contribution is 4.93. The predicted molar refractivity (Wildman–Crippen MR) is 84.4 cm³/mol. The lowest BCUT2D eigenvalue weighted by molar-refractivity contribution is -0.0284. The number of hydrogen-bond donors (Lipinski definition) is 0. The molecule has 1 rings (SSSR count). The largest absolute Gasteiger partial charge is 0.377 e. The Labute approximate surface area is 125 Å². The quantitative estimate of drug-likeness (QED) is 0.571. The number of unbranched alkanes of at least 4 members (excludes halogenated alkanes) is 1. The van der Waals surface area contributed by atoms with E-state index in [0.29, 0.717) is 5.92 Å². The first kappa shape index (κ1) is 17.5. The Morgan fingerprint density at radius 2 is 2.00 bits per heavy atom. The van der Waals surface area contributed by atoms with Gasteiger partial charge < -0.3 is 4.74 Å². The van der Waals surface area contributed by atoms with Crippen molar-refractivity contribution in [2.24, 2.45) is 17.8 Å². The summed E-state index contributed by atoms with van der Waals surface area (Å²) in [5.41, 5.74) is 0. The molecule has 0 spiro atoms. The van der Waals surface area contributed by atoms with Crippen LogP contribution in [0.4, 0.5) is 0 Å². The summed E-state index contributed by atoms with van der Waals surface area (Å²) in [6.07, 6.45) is 11.1. The Bertz CT molecular complexity index is 284. The first-order valence-electron chi connectivity index (χ1n) is 8.76. The van der Waals surface area contributed by atoms with Gasteiger partial charge in [-0.15, -0.1) is 0 Å². The Morgan fingerprint density at radius 3 is 2.60 bits per heavy atom. The normalized spacial score (nSPS) is 28.0. The van der Waals surface area contributed by atoms with Crippen LogP contribution in [0.25, 0.3) is 0 Å². The highest BCUT2D eigenvalue weighted by Gasteiger charge is 2.31. The molecule has 1 saturated carbocycles. The van der Waals surface area contributed by atoms with Gasteiger partial charge in [-0.3, -0.25) is 0 Å². The number of rotatable bonds is 9. The van der Waals surface area contributed by atoms with Crippen molar-refractivity contribution in [3.05, 3.63) is 0 Å². The average Bonchev–Trinajstić information content (AvgIpc) is 2.48. The van der Waals surface area contributed by atoms with Gasteiger partial charge in [0.2, 0.25) is 0 Å². The summed E-state index contributed by atoms with van der Waals surface area (Å²) < 4.78 is 6.19. The first-order valence-corrected chi connectivity index (χ1v) is 8.76. The number of ether oxygens (including phenoxy) is 1. The van der Waals surface area contributed by atoms with Crippen molar-refractivity contribution in [1.29, 1.82) is 5.26 Å². The molecule has 0 radical (unpaired) electrons. The lowest BCUT2D eigenvalue weighted by atomic mass is 9.78. The van der Waals surface area contributed by atoms with Gasteiger partial charge in [-0.05, 0) is 37.5 Å². The van der Waals surface area contributed by atoms with Crippen LogP contribution in [0.2, 0.25) is 0 Å². The van der Waals surface area contributed by atoms with Crippen LogP contribution >= 0.6 is 0 Å². The minimum absolute atomic E-state index is 0.131. The van der Waals surface area contributed by atoms with E-state index >= 15 is 0 Å². The molecule has 1 fully saturated rings. The standard InChI is InChI=1S/C18H33NO/c1-4-7-9-15(6-3)14-20-18-12-16(8-5-2)10-11-17(18)13-19/h15-18H,4-12,14H2,1-3H3. The van der Waals surface area contributed by atoms with Gasteiger partial charge in [-0.1, -0.05) is 52.9 Å². The Balaban J connectivity index is 2.42. The van der Waals surface area contributed by atoms with Gasteiger partial charge in [-0.2, -0.15) is 5.26 Å². The average molecular weight is 279 g/mol. The monoisotopic (exact) mass is 279 g/mol. The fraction of sp³-hybridized carbons (Fsp3) is 0.944. The van der Waals surface area contributed by atoms with Crippen molar-refractivity contribution >= 4 is 0 Å². The second kappa shape index (κ2) is 10.2. The van der Waals surface area contributed by atoms with E-state index in [4.69, 9.17) is 4.74 Å². The summed E-state index contributed by atoms with van der Waals surface area (Å²) in [4.78, 5) is 0. The zero-order valence-corrected chi connectivity index (χ0v) is 13.7. The zero-order chi connectivity index (χ0) is 14.8. The van der Waals surface area contributed by atoms with Gasteiger partial charge >= 0.3 is 0 Å². The summed E-state index contributed by atoms with van der Waals surface area (Å²) in [6, 6.07) is 2.48. The summed E-state index contributed by atoms with van der Waals surface area (Å²) >= 11 is 0. The highest BCUT2D eigenvalue weighted by atomic mass is 16.5. The number of nitrogens with zero attached hydrogens (tertiary/aromatic N) is 1. The van der Waals surface area contributed by atoms with Crippen LogP contribution < -0.4 is 0 Å². The molecular weight excluding hydrogens is 246 g/mol. The topological polar surface area (TPSA) is 33.0 Å². The summed E-state index contributed by atoms with van der Waals surface area (Å²) in [5, 5.41) is 9.31. The lowest BCUT2D eigenvalue weighted by Gasteiger charge is -2.33. The molecular formula is C18H33NO. The van der Waals surface area contributed by atoms with Crippen LogP contribution in [0.3, 0.4) is 0 Å². The Kier molecular flexibility index (Phi) is 8.94. The van der Waals surface area contributed by atoms with Crippen molar-refractivity contribution in [3.8, 4) is 6.07 Å². The van der Waals surface area contributed by atoms with Crippen molar-refractivity contribution in [2.75, 3.05) is 6.61 Å². The zero-order valence-electron chi connectivity index (χ0n) is 13.7. The van der Waals surface area contributed by atoms with Crippen LogP contribution in [0, 0.1) is 29.1 Å². The summed E-state index contributed by atoms with van der Waals surface area (Å²) in [5.74, 6) is 1.60. The van der Waals surface area contributed by atoms with Gasteiger partial charge in [0.05, 0.1) is 18.1 Å². The van der Waals surface area contributed by atoms with E-state index in [1.807, 2.05) is 0 Å². The summed E-state index contributed by atoms with van der Waals surface area (Å²) in [7, 11) is 0. The second-order valence-corrected chi connectivity index (χ2v) is 6.49. The molecule has 2 heteroatoms.